The SMILES string of the molecule is Cc1c2ccc(CCCc3nccc(N(C)C4CCC5(CCNC5)CC4)n3)cc2nn1C. The Kier molecular flexibility index (Phi) is 5.89. The first kappa shape index (κ1) is 21.4. The Bertz CT molecular complexity index is 1070. The van der Waals surface area contributed by atoms with Crippen molar-refractivity contribution in [2.75, 3.05) is 25.0 Å². The monoisotopic (exact) mass is 432 g/mol. The van der Waals surface area contributed by atoms with Gasteiger partial charge in [-0.2, -0.15) is 5.10 Å². The molecule has 1 N–H and O–H groups in total. The van der Waals surface area contributed by atoms with Gasteiger partial charge in [0.1, 0.15) is 11.6 Å². The van der Waals surface area contributed by atoms with Gasteiger partial charge in [-0.05, 0) is 81.5 Å². The summed E-state index contributed by atoms with van der Waals surface area (Å²) in [5.41, 5.74) is 4.21. The molecule has 0 atom stereocenters. The zero-order valence-electron chi connectivity index (χ0n) is 19.8. The van der Waals surface area contributed by atoms with Crippen molar-refractivity contribution in [2.45, 2.75) is 64.3 Å². The van der Waals surface area contributed by atoms with Gasteiger partial charge in [0.05, 0.1) is 5.52 Å². The van der Waals surface area contributed by atoms with E-state index >= 15 is 0 Å². The number of aryl methyl sites for hydroxylation is 4. The first-order valence-corrected chi connectivity index (χ1v) is 12.2. The van der Waals surface area contributed by atoms with E-state index in [9.17, 15) is 0 Å². The maximum absolute atomic E-state index is 4.92. The summed E-state index contributed by atoms with van der Waals surface area (Å²) in [6, 6.07) is 9.33. The Morgan fingerprint density at radius 2 is 2.00 bits per heavy atom. The molecule has 3 heterocycles. The van der Waals surface area contributed by atoms with Gasteiger partial charge in [0.2, 0.25) is 0 Å². The van der Waals surface area contributed by atoms with Gasteiger partial charge in [-0.3, -0.25) is 4.68 Å². The summed E-state index contributed by atoms with van der Waals surface area (Å²) >= 11 is 0. The quantitative estimate of drug-likeness (QED) is 0.632. The third-order valence-electron chi connectivity index (χ3n) is 8.01. The topological polar surface area (TPSA) is 58.9 Å². The number of fused-ring (bicyclic) bond motifs is 1. The van der Waals surface area contributed by atoms with Crippen LogP contribution in [0.25, 0.3) is 10.9 Å². The van der Waals surface area contributed by atoms with Gasteiger partial charge >= 0.3 is 0 Å². The molecule has 0 radical (unpaired) electrons. The molecule has 1 saturated heterocycles. The lowest BCUT2D eigenvalue weighted by Crippen LogP contribution is -2.40. The highest BCUT2D eigenvalue weighted by atomic mass is 15.3. The second kappa shape index (κ2) is 8.81. The number of benzene rings is 1. The lowest BCUT2D eigenvalue weighted by atomic mass is 9.72. The van der Waals surface area contributed by atoms with Crippen molar-refractivity contribution in [1.82, 2.24) is 25.1 Å². The number of hydrogen-bond acceptors (Lipinski definition) is 5. The lowest BCUT2D eigenvalue weighted by Gasteiger charge is -2.40. The first-order valence-electron chi connectivity index (χ1n) is 12.2. The normalized spacial score (nSPS) is 23.3. The van der Waals surface area contributed by atoms with Crippen molar-refractivity contribution in [3.8, 4) is 0 Å². The first-order chi connectivity index (χ1) is 15.5. The standard InChI is InChI=1S/C26H36N6/c1-19-22-8-7-20(17-23(22)30-32(19)3)5-4-6-24-28-15-11-25(29-24)31(2)21-9-12-26(13-10-21)14-16-27-18-26/h7-8,11,15,17,21,27H,4-6,9-10,12-14,16,18H2,1-3H3. The lowest BCUT2D eigenvalue weighted by molar-refractivity contribution is 0.197. The molecule has 2 aliphatic rings. The van der Waals surface area contributed by atoms with Gasteiger partial charge in [0, 0.05) is 50.4 Å². The van der Waals surface area contributed by atoms with Crippen LogP contribution < -0.4 is 10.2 Å². The summed E-state index contributed by atoms with van der Waals surface area (Å²) in [6.07, 6.45) is 11.5. The average Bonchev–Trinajstić information content (AvgIpc) is 3.38. The van der Waals surface area contributed by atoms with Crippen molar-refractivity contribution >= 4 is 16.7 Å². The minimum Gasteiger partial charge on any atom is -0.357 e. The van der Waals surface area contributed by atoms with Crippen molar-refractivity contribution < 1.29 is 0 Å². The zero-order chi connectivity index (χ0) is 22.1. The summed E-state index contributed by atoms with van der Waals surface area (Å²) in [5.74, 6) is 2.03. The van der Waals surface area contributed by atoms with E-state index in [4.69, 9.17) is 4.98 Å². The minimum atomic E-state index is 0.575. The van der Waals surface area contributed by atoms with Gasteiger partial charge < -0.3 is 10.2 Å². The average molecular weight is 433 g/mol. The Morgan fingerprint density at radius 3 is 2.78 bits per heavy atom. The van der Waals surface area contributed by atoms with E-state index < -0.39 is 0 Å². The van der Waals surface area contributed by atoms with Crippen molar-refractivity contribution in [3.63, 3.8) is 0 Å². The zero-order valence-corrected chi connectivity index (χ0v) is 19.8. The maximum atomic E-state index is 4.92. The molecule has 0 unspecified atom stereocenters. The van der Waals surface area contributed by atoms with Crippen molar-refractivity contribution in [3.05, 3.63) is 47.5 Å². The molecule has 6 heteroatoms. The summed E-state index contributed by atoms with van der Waals surface area (Å²) < 4.78 is 1.96. The van der Waals surface area contributed by atoms with E-state index in [-0.39, 0.29) is 0 Å². The maximum Gasteiger partial charge on any atom is 0.132 e. The number of nitrogens with one attached hydrogen (secondary N) is 1. The van der Waals surface area contributed by atoms with E-state index in [2.05, 4.69) is 58.5 Å². The highest BCUT2D eigenvalue weighted by Gasteiger charge is 2.38. The molecule has 6 nitrogen and oxygen atoms in total. The van der Waals surface area contributed by atoms with Crippen LogP contribution >= 0.6 is 0 Å². The van der Waals surface area contributed by atoms with Gasteiger partial charge in [-0.1, -0.05) is 12.1 Å². The summed E-state index contributed by atoms with van der Waals surface area (Å²) in [5, 5.41) is 9.44. The molecular formula is C26H36N6. The molecular weight excluding hydrogens is 396 g/mol. The fourth-order valence-corrected chi connectivity index (χ4v) is 5.70. The van der Waals surface area contributed by atoms with Gasteiger partial charge in [0.25, 0.3) is 0 Å². The molecule has 2 fully saturated rings. The summed E-state index contributed by atoms with van der Waals surface area (Å²) in [7, 11) is 4.22. The number of aromatic nitrogens is 4. The number of rotatable bonds is 6. The minimum absolute atomic E-state index is 0.575. The molecule has 5 rings (SSSR count). The molecule has 2 aromatic heterocycles. The van der Waals surface area contributed by atoms with E-state index in [0.717, 1.165) is 36.4 Å². The third-order valence-corrected chi connectivity index (χ3v) is 8.01. The summed E-state index contributed by atoms with van der Waals surface area (Å²) in [6.45, 7) is 4.53. The Morgan fingerprint density at radius 1 is 1.16 bits per heavy atom. The van der Waals surface area contributed by atoms with Gasteiger partial charge in [-0.25, -0.2) is 9.97 Å². The van der Waals surface area contributed by atoms with E-state index in [1.54, 1.807) is 0 Å². The van der Waals surface area contributed by atoms with Crippen LogP contribution in [0.3, 0.4) is 0 Å². The van der Waals surface area contributed by atoms with Crippen LogP contribution in [0.1, 0.15) is 55.6 Å². The Labute approximate surface area is 191 Å². The third kappa shape index (κ3) is 4.25. The Balaban J connectivity index is 1.17. The number of anilines is 1. The highest BCUT2D eigenvalue weighted by Crippen LogP contribution is 2.42. The van der Waals surface area contributed by atoms with Gasteiger partial charge in [-0.15, -0.1) is 0 Å². The van der Waals surface area contributed by atoms with Crippen LogP contribution in [0.5, 0.6) is 0 Å². The smallest absolute Gasteiger partial charge is 0.132 e. The molecule has 0 bridgehead atoms. The van der Waals surface area contributed by atoms with Crippen LogP contribution in [-0.2, 0) is 19.9 Å². The van der Waals surface area contributed by atoms with Crippen molar-refractivity contribution in [2.24, 2.45) is 12.5 Å². The van der Waals surface area contributed by atoms with Crippen molar-refractivity contribution in [1.29, 1.82) is 0 Å². The molecule has 1 aliphatic heterocycles. The van der Waals surface area contributed by atoms with Crippen LogP contribution in [0, 0.1) is 12.3 Å². The number of hydrogen-bond donors (Lipinski definition) is 1. The predicted molar refractivity (Wildman–Crippen MR) is 130 cm³/mol. The molecule has 1 spiro atoms. The Hall–Kier alpha value is -2.47. The molecule has 3 aromatic rings. The van der Waals surface area contributed by atoms with Crippen LogP contribution in [0.15, 0.2) is 30.5 Å². The van der Waals surface area contributed by atoms with E-state index in [0.29, 0.717) is 11.5 Å². The molecule has 1 saturated carbocycles. The molecule has 0 amide bonds. The summed E-state index contributed by atoms with van der Waals surface area (Å²) in [4.78, 5) is 11.9. The van der Waals surface area contributed by atoms with Crippen LogP contribution in [0.2, 0.25) is 0 Å². The fourth-order valence-electron chi connectivity index (χ4n) is 5.70. The van der Waals surface area contributed by atoms with Gasteiger partial charge in [0.15, 0.2) is 0 Å². The second-order valence-electron chi connectivity index (χ2n) is 10.0. The van der Waals surface area contributed by atoms with Crippen LogP contribution in [-0.4, -0.2) is 45.9 Å². The van der Waals surface area contributed by atoms with Crippen LogP contribution in [0.4, 0.5) is 5.82 Å². The fraction of sp³-hybridized carbons (Fsp3) is 0.577. The molecule has 1 aliphatic carbocycles. The molecule has 32 heavy (non-hydrogen) atoms. The van der Waals surface area contributed by atoms with E-state index in [1.165, 1.54) is 61.8 Å². The molecule has 170 valence electrons. The predicted octanol–water partition coefficient (Wildman–Crippen LogP) is 4.21. The number of nitrogens with zero attached hydrogens (tertiary/aromatic N) is 5. The largest absolute Gasteiger partial charge is 0.357 e. The molecule has 1 aromatic carbocycles. The van der Waals surface area contributed by atoms with E-state index in [1.807, 2.05) is 17.9 Å². The second-order valence-corrected chi connectivity index (χ2v) is 10.0. The highest BCUT2D eigenvalue weighted by molar-refractivity contribution is 5.82.